The van der Waals surface area contributed by atoms with Crippen LogP contribution in [0.1, 0.15) is 109 Å². The lowest BCUT2D eigenvalue weighted by atomic mass is 9.84. The normalized spacial score (nSPS) is 15.5. The van der Waals surface area contributed by atoms with Crippen LogP contribution in [0.5, 0.6) is 0 Å². The molecule has 1 fully saturated rings. The van der Waals surface area contributed by atoms with Crippen molar-refractivity contribution in [3.8, 4) is 0 Å². The van der Waals surface area contributed by atoms with E-state index in [2.05, 4.69) is 25.9 Å². The van der Waals surface area contributed by atoms with Crippen molar-refractivity contribution in [2.75, 3.05) is 19.0 Å². The Kier molecular flexibility index (Phi) is 18.4. The fourth-order valence-electron chi connectivity index (χ4n) is 7.71. The zero-order chi connectivity index (χ0) is 47.3. The maximum absolute atomic E-state index is 14.7. The Morgan fingerprint density at radius 3 is 2.11 bits per heavy atom. The van der Waals surface area contributed by atoms with E-state index in [1.165, 1.54) is 30.7 Å². The Bertz CT molecular complexity index is 2270. The monoisotopic (exact) mass is 905 g/mol. The maximum atomic E-state index is 14.7. The Balaban J connectivity index is 1.68. The van der Waals surface area contributed by atoms with Crippen molar-refractivity contribution in [3.63, 3.8) is 0 Å². The number of nitrogens with two attached hydrogens (primary N) is 1. The molecule has 7 amide bonds. The maximum Gasteiger partial charge on any atom is 0.326 e. The van der Waals surface area contributed by atoms with Gasteiger partial charge in [-0.05, 0) is 49.1 Å². The minimum Gasteiger partial charge on any atom is -0.377 e. The van der Waals surface area contributed by atoms with Crippen LogP contribution in [0.4, 0.5) is 5.69 Å². The Labute approximate surface area is 375 Å². The summed E-state index contributed by atoms with van der Waals surface area (Å²) in [4.78, 5) is 107. The molecule has 4 rings (SSSR count). The lowest BCUT2D eigenvalue weighted by Gasteiger charge is -2.32. The predicted octanol–water partition coefficient (Wildman–Crippen LogP) is 3.34. The second-order valence-corrected chi connectivity index (χ2v) is 18.8. The quantitative estimate of drug-likeness (QED) is 0.108. The molecule has 1 aromatic heterocycles. The van der Waals surface area contributed by atoms with E-state index in [0.717, 1.165) is 19.3 Å². The zero-order valence-electron chi connectivity index (χ0n) is 37.8. The van der Waals surface area contributed by atoms with Gasteiger partial charge in [0.2, 0.25) is 17.7 Å². The van der Waals surface area contributed by atoms with E-state index in [1.54, 1.807) is 68.8 Å². The summed E-state index contributed by atoms with van der Waals surface area (Å²) < 4.78 is 29.4. The minimum absolute atomic E-state index is 0.0173. The van der Waals surface area contributed by atoms with Crippen LogP contribution in [0.15, 0.2) is 59.9 Å². The number of rotatable bonds is 19. The minimum atomic E-state index is -4.78. The molecule has 1 unspecified atom stereocenters. The van der Waals surface area contributed by atoms with E-state index in [9.17, 15) is 42.0 Å². The number of anilines is 1. The molecule has 0 radical (unpaired) electrons. The number of imide groups is 3. The van der Waals surface area contributed by atoms with E-state index in [1.807, 2.05) is 13.8 Å². The number of benzene rings is 2. The summed E-state index contributed by atoms with van der Waals surface area (Å²) in [5.41, 5.74) is 6.77. The second-order valence-electron chi connectivity index (χ2n) is 17.1. The summed E-state index contributed by atoms with van der Waals surface area (Å²) in [6.07, 6.45) is 8.21. The molecule has 1 aliphatic rings. The summed E-state index contributed by atoms with van der Waals surface area (Å²) in [6, 6.07) is 4.64. The molecule has 1 saturated carbocycles. The van der Waals surface area contributed by atoms with Crippen molar-refractivity contribution in [1.29, 1.82) is 0 Å². The molecule has 18 nitrogen and oxygen atoms in total. The fraction of sp³-hybridized carbons (Fsp3) is 0.533. The first kappa shape index (κ1) is 50.8. The third kappa shape index (κ3) is 13.4. The molecule has 1 heterocycles. The van der Waals surface area contributed by atoms with Gasteiger partial charge in [-0.25, -0.2) is 23.0 Å². The van der Waals surface area contributed by atoms with Gasteiger partial charge in [-0.1, -0.05) is 97.4 Å². The zero-order valence-corrected chi connectivity index (χ0v) is 38.6. The van der Waals surface area contributed by atoms with Crippen molar-refractivity contribution in [2.45, 2.75) is 128 Å². The molecule has 0 aliphatic heterocycles. The molecule has 19 heteroatoms. The fourth-order valence-corrected chi connectivity index (χ4v) is 8.88. The van der Waals surface area contributed by atoms with Crippen LogP contribution in [0, 0.1) is 17.8 Å². The van der Waals surface area contributed by atoms with Crippen molar-refractivity contribution in [3.05, 3.63) is 60.7 Å². The van der Waals surface area contributed by atoms with Gasteiger partial charge >= 0.3 is 11.8 Å². The highest BCUT2D eigenvalue weighted by Crippen LogP contribution is 2.31. The largest absolute Gasteiger partial charge is 0.377 e. The van der Waals surface area contributed by atoms with Crippen LogP contribution in [0.25, 0.3) is 10.8 Å². The lowest BCUT2D eigenvalue weighted by Crippen LogP contribution is -2.61. The van der Waals surface area contributed by atoms with E-state index < -0.39 is 87.9 Å². The average Bonchev–Trinajstić information content (AvgIpc) is 3.26. The van der Waals surface area contributed by atoms with Gasteiger partial charge in [0.25, 0.3) is 21.8 Å². The molecule has 348 valence electrons. The topological polar surface area (TPSA) is 260 Å². The number of nitrogens with zero attached hydrogens (tertiary/aromatic N) is 4. The van der Waals surface area contributed by atoms with E-state index in [0.29, 0.717) is 30.3 Å². The molecular weight excluding hydrogens is 843 g/mol. The van der Waals surface area contributed by atoms with Gasteiger partial charge in [0, 0.05) is 55.4 Å². The first-order valence-corrected chi connectivity index (χ1v) is 23.4. The van der Waals surface area contributed by atoms with E-state index in [-0.39, 0.29) is 52.0 Å². The number of amides is 7. The Morgan fingerprint density at radius 2 is 1.50 bits per heavy atom. The third-order valence-electron chi connectivity index (χ3n) is 11.5. The molecule has 0 spiro atoms. The van der Waals surface area contributed by atoms with Gasteiger partial charge in [-0.2, -0.15) is 0 Å². The van der Waals surface area contributed by atoms with Crippen molar-refractivity contribution in [2.24, 2.45) is 23.5 Å². The smallest absolute Gasteiger partial charge is 0.326 e. The van der Waals surface area contributed by atoms with E-state index in [4.69, 9.17) is 5.73 Å². The lowest BCUT2D eigenvalue weighted by molar-refractivity contribution is -0.160. The van der Waals surface area contributed by atoms with Crippen molar-refractivity contribution in [1.82, 2.24) is 35.5 Å². The van der Waals surface area contributed by atoms with Crippen LogP contribution >= 0.6 is 0 Å². The van der Waals surface area contributed by atoms with Crippen LogP contribution in [0.3, 0.4) is 0 Å². The number of hydrogen-bond acceptors (Lipinski definition) is 13. The third-order valence-corrected chi connectivity index (χ3v) is 12.9. The molecule has 64 heavy (non-hydrogen) atoms. The Morgan fingerprint density at radius 1 is 0.828 bits per heavy atom. The first-order valence-electron chi connectivity index (χ1n) is 21.9. The summed E-state index contributed by atoms with van der Waals surface area (Å²) in [5.74, 6) is -8.84. The highest BCUT2D eigenvalue weighted by Gasteiger charge is 2.42. The van der Waals surface area contributed by atoms with Crippen molar-refractivity contribution < 1.29 is 42.0 Å². The highest BCUT2D eigenvalue weighted by molar-refractivity contribution is 7.90. The highest BCUT2D eigenvalue weighted by atomic mass is 32.2. The number of hydrogen-bond donors (Lipinski definition) is 5. The van der Waals surface area contributed by atoms with Crippen LogP contribution in [-0.4, -0.2) is 103 Å². The van der Waals surface area contributed by atoms with Gasteiger partial charge in [0.1, 0.15) is 23.8 Å². The summed E-state index contributed by atoms with van der Waals surface area (Å²) >= 11 is 0. The summed E-state index contributed by atoms with van der Waals surface area (Å²) in [5, 5.41) is 8.93. The average molecular weight is 906 g/mol. The molecule has 2 aromatic carbocycles. The number of sulfonamides is 1. The number of carbonyl (C=O) groups is 7. The van der Waals surface area contributed by atoms with Gasteiger partial charge in [0.15, 0.2) is 0 Å². The molecule has 6 N–H and O–H groups in total. The van der Waals surface area contributed by atoms with Crippen LogP contribution in [-0.2, 0) is 38.8 Å². The standard InChI is InChI=1S/C45H63N9O9S/c1-8-28(5)39(51-40(56)33(23-27(3)4)49-41(57)35-26-47-21-22-48-35)42(58)50-34(24-29-15-11-10-12-16-29)44(60)54(38(55)25-30(46)9-2)45(61)43(59)52-64(62,63)37-20-14-17-31-32(37)18-13-19-36(31)53(6)7/h13-14,17-22,26-30,33-34,39H,8-12,15-16,23-25,46H2,1-7H3,(H,49,57)(H,50,58)(H,51,56)(H,52,59)/t28-,30?,33-,34-,39-/m0/s1. The van der Waals surface area contributed by atoms with Crippen LogP contribution < -0.4 is 31.3 Å². The van der Waals surface area contributed by atoms with Crippen LogP contribution in [0.2, 0.25) is 0 Å². The number of nitrogens with one attached hydrogen (secondary N) is 4. The molecular formula is C45H63N9O9S. The van der Waals surface area contributed by atoms with Gasteiger partial charge in [-0.15, -0.1) is 0 Å². The number of fused-ring (bicyclic) bond motifs is 1. The SMILES string of the molecule is CCC(N)CC(=O)N(C(=O)C(=O)NS(=O)(=O)c1cccc2c(N(C)C)cccc12)C(=O)[C@H](CC1CCCCC1)NC(=O)[C@@H](NC(=O)[C@H](CC(C)C)NC(=O)c1cnccn1)[C@@H](C)CC. The number of carbonyl (C=O) groups excluding carboxylic acids is 7. The molecule has 3 aromatic rings. The van der Waals surface area contributed by atoms with Gasteiger partial charge in [0.05, 0.1) is 11.1 Å². The molecule has 1 aliphatic carbocycles. The molecule has 5 atom stereocenters. The number of aromatic nitrogens is 2. The van der Waals surface area contributed by atoms with E-state index >= 15 is 0 Å². The molecule has 0 saturated heterocycles. The summed E-state index contributed by atoms with van der Waals surface area (Å²) in [7, 11) is -1.22. The first-order chi connectivity index (χ1) is 30.3. The van der Waals surface area contributed by atoms with Gasteiger partial charge < -0.3 is 26.6 Å². The molecule has 0 bridgehead atoms. The van der Waals surface area contributed by atoms with Crippen molar-refractivity contribution >= 4 is 67.8 Å². The summed E-state index contributed by atoms with van der Waals surface area (Å²) in [6.45, 7) is 8.91. The van der Waals surface area contributed by atoms with Gasteiger partial charge in [-0.3, -0.25) is 38.5 Å². The Hall–Kier alpha value is -5.82. The predicted molar refractivity (Wildman–Crippen MR) is 241 cm³/mol. The second kappa shape index (κ2) is 23.2.